The van der Waals surface area contributed by atoms with Crippen LogP contribution in [0.3, 0.4) is 0 Å². The van der Waals surface area contributed by atoms with Crippen LogP contribution in [0.25, 0.3) is 0 Å². The summed E-state index contributed by atoms with van der Waals surface area (Å²) < 4.78 is 4.97. The molecule has 4 heteroatoms. The lowest BCUT2D eigenvalue weighted by Gasteiger charge is -2.23. The first-order valence-electron chi connectivity index (χ1n) is 5.31. The predicted molar refractivity (Wildman–Crippen MR) is 54.9 cm³/mol. The molecule has 1 N–H and O–H groups in total. The van der Waals surface area contributed by atoms with Crippen LogP contribution in [0.1, 0.15) is 26.2 Å². The Balaban J connectivity index is 2.33. The number of rotatable bonds is 6. The van der Waals surface area contributed by atoms with Crippen LogP contribution in [-0.4, -0.2) is 43.8 Å². The molecule has 0 radical (unpaired) electrons. The molecule has 1 aliphatic rings. The Morgan fingerprint density at radius 3 is 3.07 bits per heavy atom. The number of nitrogens with zero attached hydrogens (tertiary/aromatic N) is 1. The Bertz CT molecular complexity index is 185. The van der Waals surface area contributed by atoms with Crippen LogP contribution >= 0.6 is 0 Å². The number of methoxy groups -OCH3 is 1. The van der Waals surface area contributed by atoms with E-state index in [0.29, 0.717) is 6.54 Å². The van der Waals surface area contributed by atoms with Gasteiger partial charge in [-0.2, -0.15) is 0 Å². The number of nitrogens with one attached hydrogen (secondary N) is 1. The van der Waals surface area contributed by atoms with Crippen molar-refractivity contribution < 1.29 is 9.53 Å². The van der Waals surface area contributed by atoms with Crippen LogP contribution in [0.2, 0.25) is 0 Å². The number of hydrogen-bond donors (Lipinski definition) is 1. The van der Waals surface area contributed by atoms with Crippen molar-refractivity contribution >= 4 is 5.91 Å². The van der Waals surface area contributed by atoms with Crippen molar-refractivity contribution in [3.05, 3.63) is 0 Å². The quantitative estimate of drug-likeness (QED) is 0.638. The van der Waals surface area contributed by atoms with Crippen LogP contribution in [0.4, 0.5) is 0 Å². The second kappa shape index (κ2) is 5.98. The molecule has 0 aromatic rings. The minimum atomic E-state index is 0.222. The Kier molecular flexibility index (Phi) is 4.90. The SMILES string of the molecule is CCCC1NCC(=O)N1CCCOC. The van der Waals surface area contributed by atoms with Crippen molar-refractivity contribution in [2.75, 3.05) is 26.8 Å². The third kappa shape index (κ3) is 2.96. The van der Waals surface area contributed by atoms with Crippen LogP contribution in [0, 0.1) is 0 Å². The minimum absolute atomic E-state index is 0.222. The third-order valence-corrected chi connectivity index (χ3v) is 2.50. The summed E-state index contributed by atoms with van der Waals surface area (Å²) in [6, 6.07) is 0. The fraction of sp³-hybridized carbons (Fsp3) is 0.900. The Hall–Kier alpha value is -0.610. The van der Waals surface area contributed by atoms with E-state index in [2.05, 4.69) is 12.2 Å². The number of hydrogen-bond acceptors (Lipinski definition) is 3. The summed E-state index contributed by atoms with van der Waals surface area (Å²) in [5.41, 5.74) is 0. The molecule has 4 nitrogen and oxygen atoms in total. The lowest BCUT2D eigenvalue weighted by molar-refractivity contribution is -0.128. The van der Waals surface area contributed by atoms with E-state index in [1.54, 1.807) is 7.11 Å². The molecule has 14 heavy (non-hydrogen) atoms. The topological polar surface area (TPSA) is 41.6 Å². The molecule has 1 unspecified atom stereocenters. The van der Waals surface area contributed by atoms with Crippen LogP contribution in [-0.2, 0) is 9.53 Å². The molecule has 0 spiro atoms. The maximum Gasteiger partial charge on any atom is 0.237 e. The summed E-state index contributed by atoms with van der Waals surface area (Å²) in [6.07, 6.45) is 3.32. The summed E-state index contributed by atoms with van der Waals surface area (Å²) in [5, 5.41) is 3.22. The Labute approximate surface area is 85.6 Å². The lowest BCUT2D eigenvalue weighted by Crippen LogP contribution is -2.38. The molecule has 1 aliphatic heterocycles. The van der Waals surface area contributed by atoms with Crippen molar-refractivity contribution in [3.8, 4) is 0 Å². The molecular weight excluding hydrogens is 180 g/mol. The van der Waals surface area contributed by atoms with Gasteiger partial charge in [0.05, 0.1) is 12.7 Å². The van der Waals surface area contributed by atoms with Gasteiger partial charge < -0.3 is 9.64 Å². The maximum absolute atomic E-state index is 11.5. The highest BCUT2D eigenvalue weighted by atomic mass is 16.5. The number of carbonyl (C=O) groups excluding carboxylic acids is 1. The molecule has 1 heterocycles. The van der Waals surface area contributed by atoms with Gasteiger partial charge in [-0.05, 0) is 12.8 Å². The van der Waals surface area contributed by atoms with Gasteiger partial charge in [-0.25, -0.2) is 0 Å². The Morgan fingerprint density at radius 2 is 2.43 bits per heavy atom. The fourth-order valence-corrected chi connectivity index (χ4v) is 1.78. The molecule has 0 saturated carbocycles. The van der Waals surface area contributed by atoms with E-state index in [1.807, 2.05) is 4.90 Å². The van der Waals surface area contributed by atoms with Crippen LogP contribution < -0.4 is 5.32 Å². The molecule has 82 valence electrons. The summed E-state index contributed by atoms with van der Waals surface area (Å²) in [7, 11) is 1.69. The van der Waals surface area contributed by atoms with Crippen molar-refractivity contribution in [1.82, 2.24) is 10.2 Å². The van der Waals surface area contributed by atoms with Crippen molar-refractivity contribution in [2.24, 2.45) is 0 Å². The first-order chi connectivity index (χ1) is 6.79. The van der Waals surface area contributed by atoms with Gasteiger partial charge in [-0.1, -0.05) is 13.3 Å². The lowest BCUT2D eigenvalue weighted by atomic mass is 10.2. The largest absolute Gasteiger partial charge is 0.385 e. The van der Waals surface area contributed by atoms with E-state index in [1.165, 1.54) is 0 Å². The van der Waals surface area contributed by atoms with Crippen molar-refractivity contribution in [2.45, 2.75) is 32.4 Å². The monoisotopic (exact) mass is 200 g/mol. The smallest absolute Gasteiger partial charge is 0.237 e. The van der Waals surface area contributed by atoms with Gasteiger partial charge in [0.15, 0.2) is 0 Å². The van der Waals surface area contributed by atoms with Crippen molar-refractivity contribution in [3.63, 3.8) is 0 Å². The second-order valence-electron chi connectivity index (χ2n) is 3.62. The Morgan fingerprint density at radius 1 is 1.64 bits per heavy atom. The summed E-state index contributed by atoms with van der Waals surface area (Å²) >= 11 is 0. The number of ether oxygens (including phenoxy) is 1. The van der Waals surface area contributed by atoms with Gasteiger partial charge in [0.1, 0.15) is 0 Å². The molecule has 0 aliphatic carbocycles. The second-order valence-corrected chi connectivity index (χ2v) is 3.62. The molecule has 0 aromatic heterocycles. The van der Waals surface area contributed by atoms with E-state index in [0.717, 1.165) is 32.4 Å². The molecule has 1 atom stereocenters. The summed E-state index contributed by atoms with van der Waals surface area (Å²) in [5.74, 6) is 0.222. The van der Waals surface area contributed by atoms with E-state index >= 15 is 0 Å². The highest BCUT2D eigenvalue weighted by Gasteiger charge is 2.28. The maximum atomic E-state index is 11.5. The number of carbonyl (C=O) groups is 1. The molecule has 1 rings (SSSR count). The zero-order chi connectivity index (χ0) is 10.4. The first-order valence-corrected chi connectivity index (χ1v) is 5.31. The van der Waals surface area contributed by atoms with Crippen LogP contribution in [0.15, 0.2) is 0 Å². The highest BCUT2D eigenvalue weighted by Crippen LogP contribution is 2.10. The van der Waals surface area contributed by atoms with Gasteiger partial charge in [0, 0.05) is 20.3 Å². The van der Waals surface area contributed by atoms with Gasteiger partial charge in [0.2, 0.25) is 5.91 Å². The first kappa shape index (κ1) is 11.5. The normalized spacial score (nSPS) is 22.0. The zero-order valence-electron chi connectivity index (χ0n) is 9.08. The van der Waals surface area contributed by atoms with Gasteiger partial charge in [-0.15, -0.1) is 0 Å². The van der Waals surface area contributed by atoms with Crippen LogP contribution in [0.5, 0.6) is 0 Å². The van der Waals surface area contributed by atoms with Gasteiger partial charge in [-0.3, -0.25) is 10.1 Å². The number of amides is 1. The zero-order valence-corrected chi connectivity index (χ0v) is 9.08. The van der Waals surface area contributed by atoms with Gasteiger partial charge >= 0.3 is 0 Å². The van der Waals surface area contributed by atoms with E-state index in [-0.39, 0.29) is 12.1 Å². The molecule has 1 amide bonds. The standard InChI is InChI=1S/C10H20N2O2/c1-3-5-9-11-8-10(13)12(9)6-4-7-14-2/h9,11H,3-8H2,1-2H3. The molecule has 0 aromatic carbocycles. The minimum Gasteiger partial charge on any atom is -0.385 e. The molecule has 1 saturated heterocycles. The average Bonchev–Trinajstić information content (AvgIpc) is 2.50. The highest BCUT2D eigenvalue weighted by molar-refractivity contribution is 5.80. The predicted octanol–water partition coefficient (Wildman–Crippen LogP) is 0.581. The van der Waals surface area contributed by atoms with Crippen molar-refractivity contribution in [1.29, 1.82) is 0 Å². The molecular formula is C10H20N2O2. The summed E-state index contributed by atoms with van der Waals surface area (Å²) in [6.45, 7) is 4.17. The third-order valence-electron chi connectivity index (χ3n) is 2.50. The van der Waals surface area contributed by atoms with E-state index in [9.17, 15) is 4.79 Å². The fourth-order valence-electron chi connectivity index (χ4n) is 1.78. The van der Waals surface area contributed by atoms with E-state index in [4.69, 9.17) is 4.74 Å². The van der Waals surface area contributed by atoms with E-state index < -0.39 is 0 Å². The van der Waals surface area contributed by atoms with Gasteiger partial charge in [0.25, 0.3) is 0 Å². The average molecular weight is 200 g/mol. The molecule has 0 bridgehead atoms. The molecule has 1 fully saturated rings. The summed E-state index contributed by atoms with van der Waals surface area (Å²) in [4.78, 5) is 13.4.